The molecular weight excluding hydrogens is 645 g/mol. The van der Waals surface area contributed by atoms with Crippen LogP contribution in [0.3, 0.4) is 0 Å². The van der Waals surface area contributed by atoms with Gasteiger partial charge in [0.25, 0.3) is 0 Å². The minimum absolute atomic E-state index is 0.708. The minimum Gasteiger partial charge on any atom is -0.291 e. The van der Waals surface area contributed by atoms with E-state index in [1.807, 2.05) is 6.07 Å². The van der Waals surface area contributed by atoms with Crippen LogP contribution in [0, 0.1) is 0 Å². The van der Waals surface area contributed by atoms with E-state index in [0.29, 0.717) is 5.82 Å². The van der Waals surface area contributed by atoms with Crippen LogP contribution in [0.15, 0.2) is 182 Å². The molecule has 1 aliphatic rings. The average Bonchev–Trinajstić information content (AvgIpc) is 3.57. The van der Waals surface area contributed by atoms with E-state index < -0.39 is 0 Å². The van der Waals surface area contributed by atoms with E-state index in [1.165, 1.54) is 33.0 Å². The quantitative estimate of drug-likeness (QED) is 0.187. The highest BCUT2D eigenvalue weighted by atomic mass is 15.1. The Balaban J connectivity index is 1.00. The largest absolute Gasteiger partial charge is 0.291 e. The summed E-state index contributed by atoms with van der Waals surface area (Å²) in [4.78, 5) is 15.5. The molecule has 4 heteroatoms. The number of nitrogens with zero attached hydrogens (tertiary/aromatic N) is 4. The first kappa shape index (κ1) is 29.5. The molecule has 0 unspecified atom stereocenters. The van der Waals surface area contributed by atoms with Gasteiger partial charge in [0, 0.05) is 33.2 Å². The number of aromatic nitrogens is 4. The summed E-state index contributed by atoms with van der Waals surface area (Å²) in [5, 5.41) is 3.45. The van der Waals surface area contributed by atoms with Crippen LogP contribution in [0.1, 0.15) is 0 Å². The van der Waals surface area contributed by atoms with Gasteiger partial charge in [-0.25, -0.2) is 15.0 Å². The number of imidazole rings is 1. The van der Waals surface area contributed by atoms with E-state index in [1.54, 1.807) is 0 Å². The molecule has 2 aromatic heterocycles. The summed E-state index contributed by atoms with van der Waals surface area (Å²) in [6.07, 6.45) is 0. The van der Waals surface area contributed by atoms with Gasteiger partial charge in [-0.2, -0.15) is 0 Å². The highest BCUT2D eigenvalue weighted by molar-refractivity contribution is 6.04. The van der Waals surface area contributed by atoms with Gasteiger partial charge < -0.3 is 0 Å². The van der Waals surface area contributed by atoms with Crippen LogP contribution in [0.5, 0.6) is 0 Å². The van der Waals surface area contributed by atoms with E-state index >= 15 is 0 Å². The summed E-state index contributed by atoms with van der Waals surface area (Å²) in [6.45, 7) is 0. The normalized spacial score (nSPS) is 11.8. The highest BCUT2D eigenvalue weighted by Crippen LogP contribution is 2.45. The van der Waals surface area contributed by atoms with Crippen LogP contribution in [-0.4, -0.2) is 19.5 Å². The third kappa shape index (κ3) is 4.73. The molecule has 1 aliphatic heterocycles. The zero-order valence-corrected chi connectivity index (χ0v) is 28.6. The van der Waals surface area contributed by atoms with Gasteiger partial charge >= 0.3 is 0 Å². The zero-order valence-electron chi connectivity index (χ0n) is 28.6. The molecule has 8 aromatic carbocycles. The van der Waals surface area contributed by atoms with Crippen molar-refractivity contribution in [2.75, 3.05) is 0 Å². The lowest BCUT2D eigenvalue weighted by atomic mass is 9.94. The molecule has 246 valence electrons. The Kier molecular flexibility index (Phi) is 6.52. The number of benzene rings is 8. The first-order valence-electron chi connectivity index (χ1n) is 17.9. The molecule has 0 saturated heterocycles. The average molecular weight is 675 g/mol. The fourth-order valence-corrected chi connectivity index (χ4v) is 8.03. The second-order valence-electron chi connectivity index (χ2n) is 13.6. The number of rotatable bonds is 4. The molecule has 0 radical (unpaired) electrons. The molecule has 53 heavy (non-hydrogen) atoms. The van der Waals surface area contributed by atoms with Gasteiger partial charge in [0.15, 0.2) is 5.82 Å². The first-order valence-corrected chi connectivity index (χ1v) is 17.9. The van der Waals surface area contributed by atoms with Crippen molar-refractivity contribution in [1.82, 2.24) is 19.5 Å². The van der Waals surface area contributed by atoms with Crippen molar-refractivity contribution < 1.29 is 0 Å². The van der Waals surface area contributed by atoms with Gasteiger partial charge in [-0.15, -0.1) is 0 Å². The molecule has 0 fully saturated rings. The molecule has 0 bridgehead atoms. The minimum atomic E-state index is 0.708. The predicted molar refractivity (Wildman–Crippen MR) is 218 cm³/mol. The summed E-state index contributed by atoms with van der Waals surface area (Å²) in [5.41, 5.74) is 15.3. The molecule has 0 aliphatic carbocycles. The third-order valence-corrected chi connectivity index (χ3v) is 10.6. The monoisotopic (exact) mass is 674 g/mol. The second kappa shape index (κ2) is 11.7. The number of fused-ring (bicyclic) bond motifs is 7. The smallest absolute Gasteiger partial charge is 0.160 e. The summed E-state index contributed by atoms with van der Waals surface area (Å²) < 4.78 is 2.35. The molecule has 0 saturated carbocycles. The van der Waals surface area contributed by atoms with Gasteiger partial charge in [0.05, 0.1) is 27.9 Å². The van der Waals surface area contributed by atoms with Crippen LogP contribution in [0.2, 0.25) is 0 Å². The van der Waals surface area contributed by atoms with Crippen molar-refractivity contribution in [3.8, 4) is 73.1 Å². The van der Waals surface area contributed by atoms with Crippen LogP contribution in [-0.2, 0) is 0 Å². The molecule has 4 nitrogen and oxygen atoms in total. The summed E-state index contributed by atoms with van der Waals surface area (Å²) in [5.74, 6) is 1.64. The molecule has 0 atom stereocenters. The lowest BCUT2D eigenvalue weighted by molar-refractivity contribution is 1.11. The van der Waals surface area contributed by atoms with E-state index in [-0.39, 0.29) is 0 Å². The van der Waals surface area contributed by atoms with Crippen molar-refractivity contribution in [3.63, 3.8) is 0 Å². The SMILES string of the molecule is c1cc(-c2ccc(-c3nc4cccc5c4n3-c3ccccc3-c3ccccc3-5)cc2)cc(-c2nc(-c3ccc4ccccc4c3)c3ccccc3n2)c1. The first-order chi connectivity index (χ1) is 26.3. The fraction of sp³-hybridized carbons (Fsp3) is 0. The van der Waals surface area contributed by atoms with Crippen molar-refractivity contribution in [2.45, 2.75) is 0 Å². The van der Waals surface area contributed by atoms with Gasteiger partial charge in [-0.1, -0.05) is 152 Å². The Hall–Kier alpha value is -7.17. The van der Waals surface area contributed by atoms with E-state index in [4.69, 9.17) is 15.0 Å². The highest BCUT2D eigenvalue weighted by Gasteiger charge is 2.25. The molecule has 0 amide bonds. The predicted octanol–water partition coefficient (Wildman–Crippen LogP) is 12.4. The maximum absolute atomic E-state index is 5.25. The Morgan fingerprint density at radius 3 is 1.89 bits per heavy atom. The maximum atomic E-state index is 5.25. The summed E-state index contributed by atoms with van der Waals surface area (Å²) in [6, 6.07) is 64.4. The van der Waals surface area contributed by atoms with Gasteiger partial charge in [0.2, 0.25) is 0 Å². The number of para-hydroxylation sites is 3. The fourth-order valence-electron chi connectivity index (χ4n) is 8.03. The van der Waals surface area contributed by atoms with Gasteiger partial charge in [-0.05, 0) is 63.4 Å². The topological polar surface area (TPSA) is 43.6 Å². The van der Waals surface area contributed by atoms with Gasteiger partial charge in [-0.3, -0.25) is 4.57 Å². The van der Waals surface area contributed by atoms with Crippen LogP contribution in [0.4, 0.5) is 0 Å². The Bertz CT molecular complexity index is 3060. The van der Waals surface area contributed by atoms with Crippen LogP contribution in [0.25, 0.3) is 106 Å². The molecule has 3 heterocycles. The Morgan fingerprint density at radius 1 is 0.358 bits per heavy atom. The van der Waals surface area contributed by atoms with Crippen molar-refractivity contribution >= 4 is 32.7 Å². The van der Waals surface area contributed by atoms with Crippen LogP contribution >= 0.6 is 0 Å². The maximum Gasteiger partial charge on any atom is 0.160 e. The van der Waals surface area contributed by atoms with E-state index in [2.05, 4.69) is 180 Å². The van der Waals surface area contributed by atoms with Crippen molar-refractivity contribution in [3.05, 3.63) is 182 Å². The van der Waals surface area contributed by atoms with Crippen LogP contribution < -0.4 is 0 Å². The van der Waals surface area contributed by atoms with E-state index in [0.717, 1.165) is 67.0 Å². The standard InChI is InChI=1S/C49H30N4/c1-2-12-34-29-36(28-25-31(34)11-1)46-42-18-5-7-20-43(42)50-48(52-46)37-14-9-13-35(30-37)32-23-26-33(27-24-32)49-51-44-21-10-19-41-39-16-4-3-15-38(39)40-17-6-8-22-45(40)53(49)47(41)44/h1-30H. The van der Waals surface area contributed by atoms with Crippen molar-refractivity contribution in [2.24, 2.45) is 0 Å². The Morgan fingerprint density at radius 2 is 1.00 bits per heavy atom. The Labute approximate surface area is 306 Å². The molecule has 0 spiro atoms. The summed E-state index contributed by atoms with van der Waals surface area (Å²) >= 11 is 0. The molecule has 10 aromatic rings. The number of hydrogen-bond donors (Lipinski definition) is 0. The lowest BCUT2D eigenvalue weighted by Crippen LogP contribution is -1.99. The molecular formula is C49H30N4. The molecule has 0 N–H and O–H groups in total. The molecule has 11 rings (SSSR count). The number of hydrogen-bond acceptors (Lipinski definition) is 3. The second-order valence-corrected chi connectivity index (χ2v) is 13.6. The summed E-state index contributed by atoms with van der Waals surface area (Å²) in [7, 11) is 0. The third-order valence-electron chi connectivity index (χ3n) is 10.6. The lowest BCUT2D eigenvalue weighted by Gasteiger charge is -2.13. The van der Waals surface area contributed by atoms with E-state index in [9.17, 15) is 0 Å². The van der Waals surface area contributed by atoms with Crippen molar-refractivity contribution in [1.29, 1.82) is 0 Å². The van der Waals surface area contributed by atoms with Gasteiger partial charge in [0.1, 0.15) is 5.82 Å². The zero-order chi connectivity index (χ0) is 34.9.